The van der Waals surface area contributed by atoms with Crippen LogP contribution in [0.5, 0.6) is 0 Å². The molecule has 5 rings (SSSR count). The molecule has 0 radical (unpaired) electrons. The summed E-state index contributed by atoms with van der Waals surface area (Å²) in [7, 11) is 0. The number of hydrogen-bond acceptors (Lipinski definition) is 3. The smallest absolute Gasteiger partial charge is 0.312 e. The number of carbonyl (C=O) groups excluding carboxylic acids is 2. The third kappa shape index (κ3) is 5.43. The molecule has 0 bridgehead atoms. The van der Waals surface area contributed by atoms with Crippen molar-refractivity contribution in [1.82, 2.24) is 15.5 Å². The molecule has 3 aromatic rings. The number of nitrogens with one attached hydrogen (secondary N) is 2. The van der Waals surface area contributed by atoms with E-state index in [0.29, 0.717) is 13.0 Å². The van der Waals surface area contributed by atoms with Crippen LogP contribution in [0.25, 0.3) is 0 Å². The minimum Gasteiger partial charge on any atom is -0.355 e. The summed E-state index contributed by atoms with van der Waals surface area (Å²) in [5, 5.41) is 6.19. The van der Waals surface area contributed by atoms with Gasteiger partial charge in [-0.25, -0.2) is 9.18 Å². The van der Waals surface area contributed by atoms with Crippen LogP contribution in [0.3, 0.4) is 0 Å². The number of amides is 3. The zero-order valence-electron chi connectivity index (χ0n) is 21.5. The van der Waals surface area contributed by atoms with E-state index in [-0.39, 0.29) is 17.6 Å². The second kappa shape index (κ2) is 11.0. The summed E-state index contributed by atoms with van der Waals surface area (Å²) in [6, 6.07) is 26.0. The van der Waals surface area contributed by atoms with Crippen LogP contribution in [0, 0.1) is 11.7 Å². The standard InChI is InChI=1S/C31H35FN4O2/c32-27-13-11-23(12-14-27)15-18-34-28(37)31(25-9-5-2-6-10-25)21-26(31)22-36-19-16-30(17-20-36,35-29(33)38)24-7-3-1-4-8-24/h1-14,26H,15-22H2,(H,34,37)(H3,33,35,38). The van der Waals surface area contributed by atoms with E-state index in [1.54, 1.807) is 12.1 Å². The summed E-state index contributed by atoms with van der Waals surface area (Å²) >= 11 is 0. The second-order valence-electron chi connectivity index (χ2n) is 10.6. The fourth-order valence-electron chi connectivity index (χ4n) is 6.09. The molecule has 1 aliphatic carbocycles. The molecule has 2 unspecified atom stereocenters. The van der Waals surface area contributed by atoms with E-state index in [1.807, 2.05) is 60.7 Å². The van der Waals surface area contributed by atoms with E-state index in [9.17, 15) is 14.0 Å². The lowest BCUT2D eigenvalue weighted by Gasteiger charge is -2.42. The molecule has 0 aromatic heterocycles. The number of rotatable bonds is 9. The number of primary amides is 1. The van der Waals surface area contributed by atoms with Crippen LogP contribution >= 0.6 is 0 Å². The molecule has 38 heavy (non-hydrogen) atoms. The number of carbonyl (C=O) groups is 2. The van der Waals surface area contributed by atoms with Gasteiger partial charge >= 0.3 is 6.03 Å². The number of nitrogens with zero attached hydrogens (tertiary/aromatic N) is 1. The highest BCUT2D eigenvalue weighted by Crippen LogP contribution is 2.55. The molecule has 1 aliphatic heterocycles. The molecule has 1 saturated heterocycles. The number of halogens is 1. The fourth-order valence-corrected chi connectivity index (χ4v) is 6.09. The van der Waals surface area contributed by atoms with Gasteiger partial charge in [0.1, 0.15) is 5.82 Å². The molecular formula is C31H35FN4O2. The zero-order valence-corrected chi connectivity index (χ0v) is 21.5. The van der Waals surface area contributed by atoms with Crippen molar-refractivity contribution < 1.29 is 14.0 Å². The number of urea groups is 1. The molecule has 2 fully saturated rings. The molecular weight excluding hydrogens is 479 g/mol. The zero-order chi connectivity index (χ0) is 26.6. The van der Waals surface area contributed by atoms with Crippen LogP contribution in [0.2, 0.25) is 0 Å². The Morgan fingerprint density at radius 2 is 1.50 bits per heavy atom. The first-order chi connectivity index (χ1) is 18.4. The van der Waals surface area contributed by atoms with Crippen LogP contribution < -0.4 is 16.4 Å². The van der Waals surface area contributed by atoms with Gasteiger partial charge in [0.05, 0.1) is 11.0 Å². The average Bonchev–Trinajstić information content (AvgIpc) is 3.66. The fraction of sp³-hybridized carbons (Fsp3) is 0.355. The van der Waals surface area contributed by atoms with E-state index >= 15 is 0 Å². The monoisotopic (exact) mass is 514 g/mol. The largest absolute Gasteiger partial charge is 0.355 e. The maximum Gasteiger partial charge on any atom is 0.312 e. The maximum atomic E-state index is 13.6. The van der Waals surface area contributed by atoms with Crippen molar-refractivity contribution >= 4 is 11.9 Å². The van der Waals surface area contributed by atoms with Gasteiger partial charge in [0.2, 0.25) is 5.91 Å². The summed E-state index contributed by atoms with van der Waals surface area (Å²) < 4.78 is 13.2. The highest BCUT2D eigenvalue weighted by molar-refractivity contribution is 5.92. The Morgan fingerprint density at radius 1 is 0.895 bits per heavy atom. The lowest BCUT2D eigenvalue weighted by molar-refractivity contribution is -0.124. The minimum absolute atomic E-state index is 0.0573. The van der Waals surface area contributed by atoms with Crippen molar-refractivity contribution in [1.29, 1.82) is 0 Å². The van der Waals surface area contributed by atoms with Crippen molar-refractivity contribution in [2.24, 2.45) is 11.7 Å². The van der Waals surface area contributed by atoms with Crippen molar-refractivity contribution in [3.05, 3.63) is 107 Å². The van der Waals surface area contributed by atoms with Gasteiger partial charge in [-0.3, -0.25) is 4.79 Å². The van der Waals surface area contributed by atoms with E-state index in [4.69, 9.17) is 5.73 Å². The Bertz CT molecular complexity index is 1240. The lowest BCUT2D eigenvalue weighted by Crippen LogP contribution is -2.54. The molecule has 3 amide bonds. The lowest BCUT2D eigenvalue weighted by atomic mass is 9.80. The highest BCUT2D eigenvalue weighted by Gasteiger charge is 2.61. The first-order valence-electron chi connectivity index (χ1n) is 13.4. The third-order valence-corrected chi connectivity index (χ3v) is 8.29. The normalized spacial score (nSPS) is 22.4. The average molecular weight is 515 g/mol. The van der Waals surface area contributed by atoms with Gasteiger partial charge in [0.15, 0.2) is 0 Å². The Kier molecular flexibility index (Phi) is 7.47. The summed E-state index contributed by atoms with van der Waals surface area (Å²) in [4.78, 5) is 27.9. The van der Waals surface area contributed by atoms with Crippen molar-refractivity contribution in [2.45, 2.75) is 36.6 Å². The van der Waals surface area contributed by atoms with Crippen LogP contribution in [-0.4, -0.2) is 43.0 Å². The number of hydrogen-bond donors (Lipinski definition) is 3. The molecule has 198 valence electrons. The molecule has 0 spiro atoms. The number of likely N-dealkylation sites (tertiary alicyclic amines) is 1. The van der Waals surface area contributed by atoms with Crippen LogP contribution in [0.4, 0.5) is 9.18 Å². The summed E-state index contributed by atoms with van der Waals surface area (Å²) in [5.41, 5.74) is 7.67. The predicted molar refractivity (Wildman–Crippen MR) is 146 cm³/mol. The van der Waals surface area contributed by atoms with Crippen LogP contribution in [0.15, 0.2) is 84.9 Å². The SMILES string of the molecule is NC(=O)NC1(c2ccccc2)CCN(CC2CC2(C(=O)NCCc2ccc(F)cc2)c2ccccc2)CC1. The molecule has 4 N–H and O–H groups in total. The third-order valence-electron chi connectivity index (χ3n) is 8.29. The molecule has 2 atom stereocenters. The molecule has 1 heterocycles. The molecule has 6 nitrogen and oxygen atoms in total. The molecule has 7 heteroatoms. The number of piperidine rings is 1. The van der Waals surface area contributed by atoms with E-state index in [1.165, 1.54) is 12.1 Å². The summed E-state index contributed by atoms with van der Waals surface area (Å²) in [6.45, 7) is 2.95. The van der Waals surface area contributed by atoms with Gasteiger partial charge in [0.25, 0.3) is 0 Å². The maximum absolute atomic E-state index is 13.6. The first kappa shape index (κ1) is 25.9. The highest BCUT2D eigenvalue weighted by atomic mass is 19.1. The predicted octanol–water partition coefficient (Wildman–Crippen LogP) is 4.10. The minimum atomic E-state index is -0.538. The Labute approximate surface area is 223 Å². The van der Waals surface area contributed by atoms with Crippen molar-refractivity contribution in [3.63, 3.8) is 0 Å². The Morgan fingerprint density at radius 3 is 2.11 bits per heavy atom. The second-order valence-corrected chi connectivity index (χ2v) is 10.6. The van der Waals surface area contributed by atoms with E-state index in [0.717, 1.165) is 55.6 Å². The van der Waals surface area contributed by atoms with Gasteiger partial charge in [-0.1, -0.05) is 72.8 Å². The summed E-state index contributed by atoms with van der Waals surface area (Å²) in [5.74, 6) is 0.0108. The quantitative estimate of drug-likeness (QED) is 0.402. The topological polar surface area (TPSA) is 87.5 Å². The van der Waals surface area contributed by atoms with Gasteiger partial charge in [-0.2, -0.15) is 0 Å². The van der Waals surface area contributed by atoms with Gasteiger partial charge in [-0.15, -0.1) is 0 Å². The van der Waals surface area contributed by atoms with E-state index in [2.05, 4.69) is 15.5 Å². The van der Waals surface area contributed by atoms with Gasteiger partial charge < -0.3 is 21.3 Å². The molecule has 1 saturated carbocycles. The summed E-state index contributed by atoms with van der Waals surface area (Å²) in [6.07, 6.45) is 2.98. The Hall–Kier alpha value is -3.71. The number of nitrogens with two attached hydrogens (primary N) is 1. The Balaban J connectivity index is 1.24. The van der Waals surface area contributed by atoms with Crippen LogP contribution in [-0.2, 0) is 22.2 Å². The molecule has 3 aromatic carbocycles. The molecule has 2 aliphatic rings. The first-order valence-corrected chi connectivity index (χ1v) is 13.4. The van der Waals surface area contributed by atoms with Gasteiger partial charge in [0, 0.05) is 26.2 Å². The van der Waals surface area contributed by atoms with E-state index < -0.39 is 17.0 Å². The number of benzene rings is 3. The van der Waals surface area contributed by atoms with Crippen molar-refractivity contribution in [2.75, 3.05) is 26.2 Å². The van der Waals surface area contributed by atoms with Crippen LogP contribution in [0.1, 0.15) is 36.0 Å². The van der Waals surface area contributed by atoms with Crippen molar-refractivity contribution in [3.8, 4) is 0 Å². The van der Waals surface area contributed by atoms with Gasteiger partial charge in [-0.05, 0) is 60.4 Å².